The summed E-state index contributed by atoms with van der Waals surface area (Å²) in [6.45, 7) is 6.06. The van der Waals surface area contributed by atoms with Gasteiger partial charge in [-0.3, -0.25) is 4.79 Å². The predicted octanol–water partition coefficient (Wildman–Crippen LogP) is 2.28. The summed E-state index contributed by atoms with van der Waals surface area (Å²) in [5, 5.41) is 14.7. The first-order valence-corrected chi connectivity index (χ1v) is 6.86. The second kappa shape index (κ2) is 6.20. The Balaban J connectivity index is 2.56. The number of nitrogens with one attached hydrogen (secondary N) is 1. The Kier molecular flexibility index (Phi) is 5.16. The van der Waals surface area contributed by atoms with E-state index in [-0.39, 0.29) is 12.5 Å². The van der Waals surface area contributed by atoms with Gasteiger partial charge in [0.25, 0.3) is 5.91 Å². The molecule has 0 radical (unpaired) electrons. The van der Waals surface area contributed by atoms with E-state index < -0.39 is 5.60 Å². The van der Waals surface area contributed by atoms with Crippen LogP contribution >= 0.6 is 11.3 Å². The number of hydrogen-bond acceptors (Lipinski definition) is 4. The molecule has 5 heteroatoms. The van der Waals surface area contributed by atoms with Crippen LogP contribution in [0.2, 0.25) is 0 Å². The fourth-order valence-electron chi connectivity index (χ4n) is 1.93. The summed E-state index contributed by atoms with van der Waals surface area (Å²) in [6, 6.07) is 1.76. The van der Waals surface area contributed by atoms with Crippen molar-refractivity contribution >= 4 is 17.2 Å². The van der Waals surface area contributed by atoms with Crippen molar-refractivity contribution in [2.24, 2.45) is 5.92 Å². The lowest BCUT2D eigenvalue weighted by Gasteiger charge is -2.25. The quantitative estimate of drug-likeness (QED) is 0.834. The highest BCUT2D eigenvalue weighted by molar-refractivity contribution is 7.12. The zero-order valence-electron chi connectivity index (χ0n) is 11.3. The number of hydrogen-bond donors (Lipinski definition) is 2. The van der Waals surface area contributed by atoms with Crippen molar-refractivity contribution < 1.29 is 14.6 Å². The number of rotatable bonds is 6. The minimum Gasteiger partial charge on any atom is -0.495 e. The number of ether oxygens (including phenoxy) is 1. The third kappa shape index (κ3) is 4.31. The zero-order chi connectivity index (χ0) is 13.8. The maximum absolute atomic E-state index is 11.9. The number of methoxy groups -OCH3 is 1. The summed E-state index contributed by atoms with van der Waals surface area (Å²) < 4.78 is 5.09. The van der Waals surface area contributed by atoms with E-state index >= 15 is 0 Å². The highest BCUT2D eigenvalue weighted by atomic mass is 32.1. The van der Waals surface area contributed by atoms with Crippen LogP contribution in [-0.4, -0.2) is 30.3 Å². The van der Waals surface area contributed by atoms with Gasteiger partial charge in [-0.1, -0.05) is 13.8 Å². The average molecular weight is 271 g/mol. The van der Waals surface area contributed by atoms with Crippen LogP contribution in [0.25, 0.3) is 0 Å². The van der Waals surface area contributed by atoms with Crippen LogP contribution in [0, 0.1) is 5.92 Å². The van der Waals surface area contributed by atoms with Crippen molar-refractivity contribution in [3.8, 4) is 5.75 Å². The van der Waals surface area contributed by atoms with E-state index in [9.17, 15) is 9.90 Å². The average Bonchev–Trinajstić information content (AvgIpc) is 2.72. The van der Waals surface area contributed by atoms with Crippen LogP contribution in [-0.2, 0) is 0 Å². The molecule has 0 saturated heterocycles. The first-order valence-electron chi connectivity index (χ1n) is 5.98. The number of thiophene rings is 1. The van der Waals surface area contributed by atoms with Gasteiger partial charge in [-0.15, -0.1) is 11.3 Å². The van der Waals surface area contributed by atoms with E-state index in [0.29, 0.717) is 23.0 Å². The summed E-state index contributed by atoms with van der Waals surface area (Å²) in [4.78, 5) is 12.5. The Morgan fingerprint density at radius 3 is 2.83 bits per heavy atom. The molecule has 0 aromatic carbocycles. The third-order valence-corrected chi connectivity index (χ3v) is 3.43. The largest absolute Gasteiger partial charge is 0.495 e. The van der Waals surface area contributed by atoms with E-state index in [1.165, 1.54) is 18.4 Å². The first kappa shape index (κ1) is 15.0. The molecule has 1 aromatic heterocycles. The third-order valence-electron chi connectivity index (χ3n) is 2.53. The normalized spacial score (nSPS) is 14.3. The van der Waals surface area contributed by atoms with Crippen LogP contribution in [0.1, 0.15) is 36.9 Å². The van der Waals surface area contributed by atoms with Crippen LogP contribution in [0.5, 0.6) is 5.75 Å². The molecule has 2 N–H and O–H groups in total. The summed E-state index contributed by atoms with van der Waals surface area (Å²) >= 11 is 1.33. The molecule has 0 fully saturated rings. The Hall–Kier alpha value is -1.07. The Morgan fingerprint density at radius 1 is 1.61 bits per heavy atom. The van der Waals surface area contributed by atoms with Gasteiger partial charge in [0.15, 0.2) is 0 Å². The SMILES string of the molecule is COc1ccsc1C(=O)NCC(C)(O)CC(C)C. The molecule has 1 unspecified atom stereocenters. The molecule has 0 bridgehead atoms. The van der Waals surface area contributed by atoms with Crippen molar-refractivity contribution in [2.75, 3.05) is 13.7 Å². The van der Waals surface area contributed by atoms with Gasteiger partial charge in [-0.05, 0) is 30.7 Å². The smallest absolute Gasteiger partial charge is 0.265 e. The van der Waals surface area contributed by atoms with Gasteiger partial charge in [0.05, 0.1) is 12.7 Å². The van der Waals surface area contributed by atoms with E-state index in [2.05, 4.69) is 5.32 Å². The summed E-state index contributed by atoms with van der Waals surface area (Å²) in [7, 11) is 1.54. The highest BCUT2D eigenvalue weighted by Crippen LogP contribution is 2.24. The van der Waals surface area contributed by atoms with Gasteiger partial charge in [0.1, 0.15) is 10.6 Å². The van der Waals surface area contributed by atoms with Gasteiger partial charge >= 0.3 is 0 Å². The minimum atomic E-state index is -0.881. The molecular weight excluding hydrogens is 250 g/mol. The molecule has 1 rings (SSSR count). The number of carbonyl (C=O) groups is 1. The monoisotopic (exact) mass is 271 g/mol. The molecule has 1 amide bonds. The van der Waals surface area contributed by atoms with E-state index in [0.717, 1.165) is 0 Å². The van der Waals surface area contributed by atoms with Crippen molar-refractivity contribution in [1.29, 1.82) is 0 Å². The van der Waals surface area contributed by atoms with Gasteiger partial charge in [-0.2, -0.15) is 0 Å². The number of carbonyl (C=O) groups excluding carboxylic acids is 1. The molecule has 18 heavy (non-hydrogen) atoms. The second-order valence-electron chi connectivity index (χ2n) is 5.10. The lowest BCUT2D eigenvalue weighted by molar-refractivity contribution is 0.0368. The Labute approximate surface area is 112 Å². The summed E-state index contributed by atoms with van der Waals surface area (Å²) in [5.41, 5.74) is -0.881. The fourth-order valence-corrected chi connectivity index (χ4v) is 2.70. The zero-order valence-corrected chi connectivity index (χ0v) is 12.1. The van der Waals surface area contributed by atoms with Gasteiger partial charge in [0, 0.05) is 6.54 Å². The van der Waals surface area contributed by atoms with Crippen LogP contribution < -0.4 is 10.1 Å². The van der Waals surface area contributed by atoms with E-state index in [1.54, 1.807) is 18.4 Å². The maximum atomic E-state index is 11.9. The molecule has 0 spiro atoms. The van der Waals surface area contributed by atoms with Crippen LogP contribution in [0.3, 0.4) is 0 Å². The molecule has 1 aromatic rings. The lowest BCUT2D eigenvalue weighted by atomic mass is 9.94. The van der Waals surface area contributed by atoms with Crippen molar-refractivity contribution in [1.82, 2.24) is 5.32 Å². The molecule has 102 valence electrons. The van der Waals surface area contributed by atoms with Crippen LogP contribution in [0.4, 0.5) is 0 Å². The van der Waals surface area contributed by atoms with Crippen molar-refractivity contribution in [3.05, 3.63) is 16.3 Å². The summed E-state index contributed by atoms with van der Waals surface area (Å²) in [6.07, 6.45) is 0.648. The standard InChI is InChI=1S/C13H21NO3S/c1-9(2)7-13(3,16)8-14-12(15)11-10(17-4)5-6-18-11/h5-6,9,16H,7-8H2,1-4H3,(H,14,15). The molecule has 0 aliphatic carbocycles. The van der Waals surface area contributed by atoms with Crippen molar-refractivity contribution in [2.45, 2.75) is 32.8 Å². The highest BCUT2D eigenvalue weighted by Gasteiger charge is 2.23. The first-order chi connectivity index (χ1) is 8.35. The number of amides is 1. The molecule has 0 saturated carbocycles. The summed E-state index contributed by atoms with van der Waals surface area (Å²) in [5.74, 6) is 0.750. The molecular formula is C13H21NO3S. The minimum absolute atomic E-state index is 0.203. The van der Waals surface area contributed by atoms with Gasteiger partial charge in [0.2, 0.25) is 0 Å². The second-order valence-corrected chi connectivity index (χ2v) is 6.01. The molecule has 4 nitrogen and oxygen atoms in total. The van der Waals surface area contributed by atoms with Gasteiger partial charge in [-0.25, -0.2) is 0 Å². The van der Waals surface area contributed by atoms with E-state index in [4.69, 9.17) is 4.74 Å². The molecule has 0 aliphatic rings. The number of aliphatic hydroxyl groups is 1. The van der Waals surface area contributed by atoms with E-state index in [1.807, 2.05) is 13.8 Å². The Morgan fingerprint density at radius 2 is 2.28 bits per heavy atom. The van der Waals surface area contributed by atoms with Crippen LogP contribution in [0.15, 0.2) is 11.4 Å². The fraction of sp³-hybridized carbons (Fsp3) is 0.615. The molecule has 1 atom stereocenters. The van der Waals surface area contributed by atoms with Crippen molar-refractivity contribution in [3.63, 3.8) is 0 Å². The predicted molar refractivity (Wildman–Crippen MR) is 73.3 cm³/mol. The lowest BCUT2D eigenvalue weighted by Crippen LogP contribution is -2.41. The van der Waals surface area contributed by atoms with Gasteiger partial charge < -0.3 is 15.2 Å². The maximum Gasteiger partial charge on any atom is 0.265 e. The Bertz CT molecular complexity index is 399. The molecule has 1 heterocycles. The topological polar surface area (TPSA) is 58.6 Å². The molecule has 0 aliphatic heterocycles.